The van der Waals surface area contributed by atoms with Gasteiger partial charge in [0.1, 0.15) is 5.75 Å². The standard InChI is InChI=1S/C18H17N3O4S/c1-2-25-16-9-7-14(8-10-16)19-18(26)20-17(22)11-6-13-4-3-5-15(12-13)21(23)24/h3-12H,2H2,1H3,(H2,19,20,22,26). The first kappa shape index (κ1) is 19.1. The van der Waals surface area contributed by atoms with Crippen molar-refractivity contribution in [3.63, 3.8) is 0 Å². The fourth-order valence-corrected chi connectivity index (χ4v) is 2.25. The Balaban J connectivity index is 1.89. The van der Waals surface area contributed by atoms with E-state index in [1.165, 1.54) is 24.3 Å². The molecule has 134 valence electrons. The number of hydrogen-bond donors (Lipinski definition) is 2. The molecule has 7 nitrogen and oxygen atoms in total. The molecule has 0 aliphatic rings. The third-order valence-electron chi connectivity index (χ3n) is 3.17. The molecule has 2 N–H and O–H groups in total. The number of amides is 1. The van der Waals surface area contributed by atoms with Gasteiger partial charge in [0.25, 0.3) is 5.69 Å². The van der Waals surface area contributed by atoms with Crippen molar-refractivity contribution in [2.45, 2.75) is 6.92 Å². The maximum Gasteiger partial charge on any atom is 0.270 e. The minimum atomic E-state index is -0.493. The number of carbonyl (C=O) groups is 1. The van der Waals surface area contributed by atoms with Gasteiger partial charge < -0.3 is 10.1 Å². The summed E-state index contributed by atoms with van der Waals surface area (Å²) in [7, 11) is 0. The van der Waals surface area contributed by atoms with Crippen LogP contribution in [0.3, 0.4) is 0 Å². The van der Waals surface area contributed by atoms with Crippen LogP contribution in [0.2, 0.25) is 0 Å². The summed E-state index contributed by atoms with van der Waals surface area (Å²) in [5, 5.41) is 16.3. The highest BCUT2D eigenvalue weighted by atomic mass is 32.1. The molecule has 26 heavy (non-hydrogen) atoms. The maximum absolute atomic E-state index is 11.9. The van der Waals surface area contributed by atoms with Crippen LogP contribution in [-0.2, 0) is 4.79 Å². The number of anilines is 1. The Labute approximate surface area is 155 Å². The molecule has 0 atom stereocenters. The van der Waals surface area contributed by atoms with Gasteiger partial charge in [-0.15, -0.1) is 0 Å². The predicted molar refractivity (Wildman–Crippen MR) is 104 cm³/mol. The second-order valence-electron chi connectivity index (χ2n) is 5.09. The summed E-state index contributed by atoms with van der Waals surface area (Å²) >= 11 is 5.08. The van der Waals surface area contributed by atoms with Crippen LogP contribution in [0.15, 0.2) is 54.6 Å². The van der Waals surface area contributed by atoms with Crippen molar-refractivity contribution in [2.24, 2.45) is 0 Å². The molecule has 1 amide bonds. The zero-order valence-electron chi connectivity index (χ0n) is 14.0. The number of carbonyl (C=O) groups excluding carboxylic acids is 1. The lowest BCUT2D eigenvalue weighted by Crippen LogP contribution is -2.32. The van der Waals surface area contributed by atoms with Crippen LogP contribution in [0.5, 0.6) is 5.75 Å². The topological polar surface area (TPSA) is 93.5 Å². The second kappa shape index (κ2) is 9.28. The molecule has 0 aliphatic carbocycles. The predicted octanol–water partition coefficient (Wildman–Crippen LogP) is 3.52. The Morgan fingerprint density at radius 2 is 2.00 bits per heavy atom. The minimum Gasteiger partial charge on any atom is -0.494 e. The molecule has 2 rings (SSSR count). The molecule has 0 aliphatic heterocycles. The van der Waals surface area contributed by atoms with Gasteiger partial charge in [-0.2, -0.15) is 0 Å². The van der Waals surface area contributed by atoms with Gasteiger partial charge in [-0.1, -0.05) is 12.1 Å². The number of nitrogens with one attached hydrogen (secondary N) is 2. The molecule has 0 radical (unpaired) electrons. The molecule has 0 unspecified atom stereocenters. The molecule has 0 bridgehead atoms. The van der Waals surface area contributed by atoms with Crippen LogP contribution >= 0.6 is 12.2 Å². The van der Waals surface area contributed by atoms with Crippen LogP contribution in [-0.4, -0.2) is 22.5 Å². The van der Waals surface area contributed by atoms with Crippen molar-refractivity contribution in [2.75, 3.05) is 11.9 Å². The smallest absolute Gasteiger partial charge is 0.270 e. The van der Waals surface area contributed by atoms with E-state index < -0.39 is 10.8 Å². The van der Waals surface area contributed by atoms with Gasteiger partial charge in [0.2, 0.25) is 5.91 Å². The third-order valence-corrected chi connectivity index (χ3v) is 3.37. The summed E-state index contributed by atoms with van der Waals surface area (Å²) in [6.45, 7) is 2.48. The first-order chi connectivity index (χ1) is 12.5. The summed E-state index contributed by atoms with van der Waals surface area (Å²) in [5.74, 6) is 0.299. The SMILES string of the molecule is CCOc1ccc(NC(=S)NC(=O)C=Cc2cccc([N+](=O)[O-])c2)cc1. The van der Waals surface area contributed by atoms with Gasteiger partial charge in [-0.25, -0.2) is 0 Å². The van der Waals surface area contributed by atoms with Crippen LogP contribution in [0.1, 0.15) is 12.5 Å². The lowest BCUT2D eigenvalue weighted by atomic mass is 10.2. The highest BCUT2D eigenvalue weighted by molar-refractivity contribution is 7.80. The first-order valence-electron chi connectivity index (χ1n) is 7.75. The number of nitrogens with zero attached hydrogens (tertiary/aromatic N) is 1. The average molecular weight is 371 g/mol. The molecule has 0 spiro atoms. The highest BCUT2D eigenvalue weighted by Gasteiger charge is 2.05. The van der Waals surface area contributed by atoms with Crippen molar-refractivity contribution >= 4 is 40.7 Å². The summed E-state index contributed by atoms with van der Waals surface area (Å²) in [6.07, 6.45) is 2.73. The minimum absolute atomic E-state index is 0.0414. The number of nitro groups is 1. The molecular weight excluding hydrogens is 354 g/mol. The van der Waals surface area contributed by atoms with Gasteiger partial charge in [0.15, 0.2) is 5.11 Å². The molecule has 2 aromatic carbocycles. The van der Waals surface area contributed by atoms with E-state index in [-0.39, 0.29) is 10.8 Å². The van der Waals surface area contributed by atoms with Crippen molar-refractivity contribution in [1.29, 1.82) is 0 Å². The monoisotopic (exact) mass is 371 g/mol. The van der Waals surface area contributed by atoms with E-state index in [0.29, 0.717) is 17.9 Å². The molecule has 8 heteroatoms. The van der Waals surface area contributed by atoms with Crippen molar-refractivity contribution in [3.05, 3.63) is 70.3 Å². The number of benzene rings is 2. The fraction of sp³-hybridized carbons (Fsp3) is 0.111. The van der Waals surface area contributed by atoms with Gasteiger partial charge in [0, 0.05) is 23.9 Å². The molecule has 0 saturated heterocycles. The molecular formula is C18H17N3O4S. The first-order valence-corrected chi connectivity index (χ1v) is 8.16. The van der Waals surface area contributed by atoms with E-state index in [4.69, 9.17) is 17.0 Å². The zero-order valence-corrected chi connectivity index (χ0v) is 14.8. The molecule has 0 heterocycles. The van der Waals surface area contributed by atoms with Gasteiger partial charge in [0.05, 0.1) is 11.5 Å². The van der Waals surface area contributed by atoms with Gasteiger partial charge in [-0.05, 0) is 55.0 Å². The van der Waals surface area contributed by atoms with E-state index >= 15 is 0 Å². The Bertz CT molecular complexity index is 835. The van der Waals surface area contributed by atoms with Crippen LogP contribution in [0.25, 0.3) is 6.08 Å². The van der Waals surface area contributed by atoms with Gasteiger partial charge in [-0.3, -0.25) is 20.2 Å². The summed E-state index contributed by atoms with van der Waals surface area (Å²) < 4.78 is 5.35. The molecule has 0 aromatic heterocycles. The molecule has 0 fully saturated rings. The lowest BCUT2D eigenvalue weighted by molar-refractivity contribution is -0.384. The van der Waals surface area contributed by atoms with E-state index in [1.807, 2.05) is 6.92 Å². The summed E-state index contributed by atoms with van der Waals surface area (Å²) in [6, 6.07) is 13.1. The summed E-state index contributed by atoms with van der Waals surface area (Å²) in [5.41, 5.74) is 1.21. The third kappa shape index (κ3) is 5.99. The zero-order chi connectivity index (χ0) is 18.9. The van der Waals surface area contributed by atoms with Crippen LogP contribution in [0, 0.1) is 10.1 Å². The Morgan fingerprint density at radius 3 is 2.65 bits per heavy atom. The summed E-state index contributed by atoms with van der Waals surface area (Å²) in [4.78, 5) is 22.1. The Morgan fingerprint density at radius 1 is 1.27 bits per heavy atom. The number of thiocarbonyl (C=S) groups is 1. The maximum atomic E-state index is 11.9. The Kier molecular flexibility index (Phi) is 6.81. The number of ether oxygens (including phenoxy) is 1. The van der Waals surface area contributed by atoms with Crippen LogP contribution in [0.4, 0.5) is 11.4 Å². The number of non-ortho nitro benzene ring substituents is 1. The van der Waals surface area contributed by atoms with E-state index in [2.05, 4.69) is 10.6 Å². The quantitative estimate of drug-likeness (QED) is 0.349. The van der Waals surface area contributed by atoms with Crippen molar-refractivity contribution in [1.82, 2.24) is 5.32 Å². The fourth-order valence-electron chi connectivity index (χ4n) is 2.03. The van der Waals surface area contributed by atoms with Crippen LogP contribution < -0.4 is 15.4 Å². The number of rotatable bonds is 6. The van der Waals surface area contributed by atoms with E-state index in [0.717, 1.165) is 5.75 Å². The highest BCUT2D eigenvalue weighted by Crippen LogP contribution is 2.16. The van der Waals surface area contributed by atoms with Crippen molar-refractivity contribution < 1.29 is 14.5 Å². The lowest BCUT2D eigenvalue weighted by Gasteiger charge is -2.09. The largest absolute Gasteiger partial charge is 0.494 e. The second-order valence-corrected chi connectivity index (χ2v) is 5.49. The van der Waals surface area contributed by atoms with E-state index in [1.54, 1.807) is 36.4 Å². The normalized spacial score (nSPS) is 10.3. The average Bonchev–Trinajstić information content (AvgIpc) is 2.62. The molecule has 0 saturated carbocycles. The van der Waals surface area contributed by atoms with E-state index in [9.17, 15) is 14.9 Å². The number of hydrogen-bond acceptors (Lipinski definition) is 5. The van der Waals surface area contributed by atoms with Gasteiger partial charge >= 0.3 is 0 Å². The number of nitro benzene ring substituents is 1. The Hall–Kier alpha value is -3.26. The molecule has 2 aromatic rings. The van der Waals surface area contributed by atoms with Crippen molar-refractivity contribution in [3.8, 4) is 5.75 Å².